The van der Waals surface area contributed by atoms with Crippen LogP contribution >= 0.6 is 0 Å². The van der Waals surface area contributed by atoms with E-state index in [2.05, 4.69) is 6.92 Å². The Morgan fingerprint density at radius 3 is 2.52 bits per heavy atom. The van der Waals surface area contributed by atoms with Crippen LogP contribution in [-0.2, 0) is 9.59 Å². The van der Waals surface area contributed by atoms with Gasteiger partial charge in [-0.2, -0.15) is 0 Å². The molecule has 1 fully saturated rings. The third-order valence-electron chi connectivity index (χ3n) is 5.88. The normalized spacial score (nSPS) is 24.6. The number of hydrogen-bond acceptors (Lipinski definition) is 4. The quantitative estimate of drug-likeness (QED) is 0.329. The Bertz CT molecular complexity index is 497. The van der Waals surface area contributed by atoms with Gasteiger partial charge in [0.05, 0.1) is 12.2 Å². The van der Waals surface area contributed by atoms with E-state index in [-0.39, 0.29) is 35.9 Å². The summed E-state index contributed by atoms with van der Waals surface area (Å²) in [6.45, 7) is 6.22. The molecule has 156 valence electrons. The molecular formula is C22H38O5. The maximum absolute atomic E-state index is 12.3. The smallest absolute Gasteiger partial charge is 0.303 e. The average Bonchev–Trinajstić information content (AvgIpc) is 2.86. The van der Waals surface area contributed by atoms with Crippen molar-refractivity contribution in [3.8, 4) is 0 Å². The maximum Gasteiger partial charge on any atom is 0.303 e. The summed E-state index contributed by atoms with van der Waals surface area (Å²) in [5.74, 6) is -1.09. The fourth-order valence-corrected chi connectivity index (χ4v) is 3.86. The maximum atomic E-state index is 12.3. The Morgan fingerprint density at radius 1 is 1.22 bits per heavy atom. The van der Waals surface area contributed by atoms with Crippen molar-refractivity contribution in [1.82, 2.24) is 0 Å². The van der Waals surface area contributed by atoms with E-state index in [1.807, 2.05) is 19.9 Å². The molecule has 5 nitrogen and oxygen atoms in total. The van der Waals surface area contributed by atoms with Crippen LogP contribution in [0.2, 0.25) is 0 Å². The highest BCUT2D eigenvalue weighted by atomic mass is 16.4. The van der Waals surface area contributed by atoms with Crippen molar-refractivity contribution < 1.29 is 24.9 Å². The Balaban J connectivity index is 2.55. The van der Waals surface area contributed by atoms with Gasteiger partial charge in [0, 0.05) is 24.7 Å². The van der Waals surface area contributed by atoms with E-state index in [1.165, 1.54) is 0 Å². The second-order valence-electron chi connectivity index (χ2n) is 8.69. The molecule has 27 heavy (non-hydrogen) atoms. The van der Waals surface area contributed by atoms with Gasteiger partial charge in [-0.15, -0.1) is 0 Å². The minimum absolute atomic E-state index is 0.0995. The van der Waals surface area contributed by atoms with Gasteiger partial charge in [-0.1, -0.05) is 65.0 Å². The third-order valence-corrected chi connectivity index (χ3v) is 5.88. The Morgan fingerprint density at radius 2 is 1.89 bits per heavy atom. The first kappa shape index (κ1) is 23.8. The molecule has 0 aromatic heterocycles. The van der Waals surface area contributed by atoms with Crippen LogP contribution in [0.25, 0.3) is 0 Å². The third kappa shape index (κ3) is 8.14. The monoisotopic (exact) mass is 382 g/mol. The lowest BCUT2D eigenvalue weighted by Crippen LogP contribution is -2.28. The number of carbonyl (C=O) groups excluding carboxylic acids is 1. The molecule has 0 radical (unpaired) electrons. The number of ketones is 1. The number of aliphatic carboxylic acids is 1. The summed E-state index contributed by atoms with van der Waals surface area (Å²) in [6, 6.07) is 0. The summed E-state index contributed by atoms with van der Waals surface area (Å²) >= 11 is 0. The molecule has 0 bridgehead atoms. The van der Waals surface area contributed by atoms with E-state index in [9.17, 15) is 19.8 Å². The van der Waals surface area contributed by atoms with Crippen LogP contribution in [0.5, 0.6) is 0 Å². The van der Waals surface area contributed by atoms with Crippen molar-refractivity contribution >= 4 is 11.8 Å². The first-order valence-corrected chi connectivity index (χ1v) is 10.5. The van der Waals surface area contributed by atoms with Crippen LogP contribution in [0.4, 0.5) is 0 Å². The molecule has 5 heteroatoms. The largest absolute Gasteiger partial charge is 0.481 e. The molecule has 1 aliphatic rings. The summed E-state index contributed by atoms with van der Waals surface area (Å²) in [5, 5.41) is 29.4. The summed E-state index contributed by atoms with van der Waals surface area (Å²) < 4.78 is 0. The van der Waals surface area contributed by atoms with Gasteiger partial charge < -0.3 is 15.3 Å². The van der Waals surface area contributed by atoms with Gasteiger partial charge in [0.15, 0.2) is 0 Å². The zero-order chi connectivity index (χ0) is 20.4. The lowest BCUT2D eigenvalue weighted by atomic mass is 9.80. The minimum atomic E-state index is -0.769. The first-order chi connectivity index (χ1) is 12.7. The summed E-state index contributed by atoms with van der Waals surface area (Å²) in [4.78, 5) is 22.8. The van der Waals surface area contributed by atoms with E-state index in [1.54, 1.807) is 6.08 Å². The van der Waals surface area contributed by atoms with Crippen LogP contribution in [0, 0.1) is 17.3 Å². The number of carbonyl (C=O) groups is 2. The number of Topliss-reactive ketones (excluding diaryl/α,β-unsaturated/α-hetero) is 1. The van der Waals surface area contributed by atoms with E-state index in [0.717, 1.165) is 38.5 Å². The van der Waals surface area contributed by atoms with Gasteiger partial charge in [0.25, 0.3) is 0 Å². The first-order valence-electron chi connectivity index (χ1n) is 10.5. The molecule has 0 amide bonds. The highest BCUT2D eigenvalue weighted by molar-refractivity contribution is 5.84. The van der Waals surface area contributed by atoms with Crippen molar-refractivity contribution in [3.05, 3.63) is 12.2 Å². The zero-order valence-electron chi connectivity index (χ0n) is 17.2. The predicted molar refractivity (Wildman–Crippen MR) is 106 cm³/mol. The molecule has 0 aromatic carbocycles. The molecule has 0 aliphatic heterocycles. The molecule has 1 aliphatic carbocycles. The molecular weight excluding hydrogens is 344 g/mol. The molecule has 0 aromatic rings. The lowest BCUT2D eigenvalue weighted by molar-refractivity contribution is -0.137. The Labute approximate surface area is 163 Å². The van der Waals surface area contributed by atoms with Gasteiger partial charge in [-0.3, -0.25) is 9.59 Å². The number of unbranched alkanes of at least 4 members (excludes halogenated alkanes) is 4. The van der Waals surface area contributed by atoms with Gasteiger partial charge in [-0.25, -0.2) is 0 Å². The average molecular weight is 383 g/mol. The van der Waals surface area contributed by atoms with Crippen molar-refractivity contribution in [2.75, 3.05) is 0 Å². The minimum Gasteiger partial charge on any atom is -0.481 e. The molecule has 3 N–H and O–H groups in total. The number of aliphatic hydroxyl groups excluding tert-OH is 2. The predicted octanol–water partition coefficient (Wildman–Crippen LogP) is 4.11. The van der Waals surface area contributed by atoms with E-state index in [4.69, 9.17) is 5.11 Å². The summed E-state index contributed by atoms with van der Waals surface area (Å²) in [7, 11) is 0. The highest BCUT2D eigenvalue weighted by Crippen LogP contribution is 2.35. The fraction of sp³-hybridized carbons (Fsp3) is 0.818. The number of rotatable bonds is 13. The number of carboxylic acid groups (broad SMARTS) is 1. The fourth-order valence-electron chi connectivity index (χ4n) is 3.86. The summed E-state index contributed by atoms with van der Waals surface area (Å²) in [6.07, 6.45) is 9.80. The molecule has 0 heterocycles. The molecule has 1 saturated carbocycles. The SMILES string of the molecule is CCCCC(C)(C)C(O)/C=C/[C@H]1C(O)CC(=O)C1CCCCCCC(=O)O. The number of hydrogen-bond donors (Lipinski definition) is 3. The van der Waals surface area contributed by atoms with Crippen molar-refractivity contribution in [3.63, 3.8) is 0 Å². The van der Waals surface area contributed by atoms with Gasteiger partial charge in [0.1, 0.15) is 5.78 Å². The molecule has 0 spiro atoms. The van der Waals surface area contributed by atoms with E-state index in [0.29, 0.717) is 12.8 Å². The molecule has 1 rings (SSSR count). The zero-order valence-corrected chi connectivity index (χ0v) is 17.2. The van der Waals surface area contributed by atoms with Crippen LogP contribution in [0.3, 0.4) is 0 Å². The van der Waals surface area contributed by atoms with Gasteiger partial charge >= 0.3 is 5.97 Å². The lowest BCUT2D eigenvalue weighted by Gasteiger charge is -2.29. The second kappa shape index (κ2) is 11.6. The Hall–Kier alpha value is -1.20. The standard InChI is InChI=1S/C22H38O5/c1-4-5-14-22(2,3)20(25)13-12-17-16(18(23)15-19(17)24)10-8-6-7-9-11-21(26)27/h12-13,16-17,19-20,24-25H,4-11,14-15H2,1-3H3,(H,26,27)/b13-12+/t16?,17-,19?,20?/m1/s1. The molecule has 0 saturated heterocycles. The van der Waals surface area contributed by atoms with Crippen molar-refractivity contribution in [1.29, 1.82) is 0 Å². The van der Waals surface area contributed by atoms with Crippen molar-refractivity contribution in [2.45, 2.75) is 97.2 Å². The van der Waals surface area contributed by atoms with Gasteiger partial charge in [0.2, 0.25) is 0 Å². The van der Waals surface area contributed by atoms with Crippen LogP contribution < -0.4 is 0 Å². The number of aliphatic hydroxyl groups is 2. The van der Waals surface area contributed by atoms with Gasteiger partial charge in [-0.05, 0) is 24.7 Å². The van der Waals surface area contributed by atoms with Crippen LogP contribution in [0.1, 0.15) is 85.0 Å². The number of carboxylic acids is 1. The van der Waals surface area contributed by atoms with E-state index >= 15 is 0 Å². The topological polar surface area (TPSA) is 94.8 Å². The van der Waals surface area contributed by atoms with Crippen molar-refractivity contribution in [2.24, 2.45) is 17.3 Å². The molecule has 3 unspecified atom stereocenters. The van der Waals surface area contributed by atoms with Crippen LogP contribution in [0.15, 0.2) is 12.2 Å². The Kier molecular flexibility index (Phi) is 10.2. The second-order valence-corrected chi connectivity index (χ2v) is 8.69. The highest BCUT2D eigenvalue weighted by Gasteiger charge is 2.39. The van der Waals surface area contributed by atoms with Crippen LogP contribution in [-0.4, -0.2) is 39.3 Å². The molecule has 4 atom stereocenters. The van der Waals surface area contributed by atoms with E-state index < -0.39 is 18.2 Å². The summed E-state index contributed by atoms with van der Waals surface area (Å²) in [5.41, 5.74) is -0.223.